The first-order valence-corrected chi connectivity index (χ1v) is 6.74. The van der Waals surface area contributed by atoms with Gasteiger partial charge in [0.2, 0.25) is 5.88 Å². The second-order valence-corrected chi connectivity index (χ2v) is 4.46. The molecule has 0 amide bonds. The van der Waals surface area contributed by atoms with Gasteiger partial charge in [0, 0.05) is 11.8 Å². The van der Waals surface area contributed by atoms with Crippen LogP contribution in [0.5, 0.6) is 11.6 Å². The van der Waals surface area contributed by atoms with E-state index >= 15 is 0 Å². The van der Waals surface area contributed by atoms with E-state index in [1.165, 1.54) is 0 Å². The number of ether oxygens (including phenoxy) is 1. The Kier molecular flexibility index (Phi) is 3.98. The first kappa shape index (κ1) is 11.9. The summed E-state index contributed by atoms with van der Waals surface area (Å²) in [6.45, 7) is 1.88. The van der Waals surface area contributed by atoms with Gasteiger partial charge >= 0.3 is 0 Å². The van der Waals surface area contributed by atoms with E-state index < -0.39 is 0 Å². The minimum absolute atomic E-state index is 0.604. The van der Waals surface area contributed by atoms with Crippen LogP contribution in [0.3, 0.4) is 0 Å². The first-order chi connectivity index (χ1) is 8.28. The zero-order valence-corrected chi connectivity index (χ0v) is 10.7. The largest absolute Gasteiger partial charge is 0.439 e. The molecule has 0 spiro atoms. The molecule has 1 heterocycles. The Morgan fingerprint density at radius 1 is 1.18 bits per heavy atom. The van der Waals surface area contributed by atoms with Gasteiger partial charge in [-0.3, -0.25) is 0 Å². The maximum Gasteiger partial charge on any atom is 0.222 e. The lowest BCUT2D eigenvalue weighted by molar-refractivity contribution is 0.459. The molecule has 0 bridgehead atoms. The van der Waals surface area contributed by atoms with E-state index in [4.69, 9.17) is 4.74 Å². The maximum absolute atomic E-state index is 5.69. The molecule has 1 aromatic carbocycles. The van der Waals surface area contributed by atoms with E-state index in [2.05, 4.69) is 16.2 Å². The fourth-order valence-electron chi connectivity index (χ4n) is 1.48. The summed E-state index contributed by atoms with van der Waals surface area (Å²) >= 11 is 1.73. The summed E-state index contributed by atoms with van der Waals surface area (Å²) in [4.78, 5) is 8.62. The molecule has 0 radical (unpaired) electrons. The number of aryl methyl sites for hydroxylation is 1. The van der Waals surface area contributed by atoms with Crippen molar-refractivity contribution in [3.05, 3.63) is 47.9 Å². The fraction of sp³-hybridized carbons (Fsp3) is 0.231. The predicted molar refractivity (Wildman–Crippen MR) is 70.5 cm³/mol. The molecule has 0 aliphatic rings. The Hall–Kier alpha value is -1.55. The van der Waals surface area contributed by atoms with E-state index in [9.17, 15) is 0 Å². The van der Waals surface area contributed by atoms with E-state index in [0.29, 0.717) is 5.88 Å². The molecule has 0 aliphatic carbocycles. The van der Waals surface area contributed by atoms with Gasteiger partial charge in [0.25, 0.3) is 0 Å². The molecule has 0 atom stereocenters. The van der Waals surface area contributed by atoms with Gasteiger partial charge in [-0.2, -0.15) is 16.7 Å². The van der Waals surface area contributed by atoms with Gasteiger partial charge in [0.05, 0.1) is 5.69 Å². The minimum Gasteiger partial charge on any atom is -0.439 e. The van der Waals surface area contributed by atoms with Crippen LogP contribution in [0.4, 0.5) is 0 Å². The van der Waals surface area contributed by atoms with Crippen molar-refractivity contribution in [3.63, 3.8) is 0 Å². The number of hydrogen-bond acceptors (Lipinski definition) is 4. The van der Waals surface area contributed by atoms with Crippen LogP contribution >= 0.6 is 11.8 Å². The maximum atomic E-state index is 5.69. The predicted octanol–water partition coefficient (Wildman–Crippen LogP) is 3.44. The van der Waals surface area contributed by atoms with E-state index in [-0.39, 0.29) is 0 Å². The Bertz CT molecular complexity index is 488. The average Bonchev–Trinajstić information content (AvgIpc) is 2.30. The number of hydrogen-bond donors (Lipinski definition) is 0. The summed E-state index contributed by atoms with van der Waals surface area (Å²) < 4.78 is 5.69. The van der Waals surface area contributed by atoms with Gasteiger partial charge in [0.15, 0.2) is 0 Å². The molecule has 0 saturated carbocycles. The first-order valence-electron chi connectivity index (χ1n) is 5.34. The Labute approximate surface area is 105 Å². The molecule has 0 unspecified atom stereocenters. The minimum atomic E-state index is 0.604. The third-order valence-electron chi connectivity index (χ3n) is 2.13. The van der Waals surface area contributed by atoms with Crippen molar-refractivity contribution in [2.24, 2.45) is 0 Å². The fourth-order valence-corrected chi connectivity index (χ4v) is 1.93. The summed E-state index contributed by atoms with van der Waals surface area (Å²) in [5.74, 6) is 3.00. The number of benzene rings is 1. The Morgan fingerprint density at radius 3 is 2.65 bits per heavy atom. The third-order valence-corrected chi connectivity index (χ3v) is 2.71. The van der Waals surface area contributed by atoms with Crippen LogP contribution in [0, 0.1) is 6.92 Å². The Morgan fingerprint density at radius 2 is 1.94 bits per heavy atom. The van der Waals surface area contributed by atoms with Gasteiger partial charge < -0.3 is 4.74 Å². The number of aromatic nitrogens is 2. The van der Waals surface area contributed by atoms with Crippen LogP contribution in [0.1, 0.15) is 11.5 Å². The van der Waals surface area contributed by atoms with Crippen LogP contribution in [-0.2, 0) is 5.75 Å². The normalized spacial score (nSPS) is 10.2. The lowest BCUT2D eigenvalue weighted by Gasteiger charge is -2.06. The van der Waals surface area contributed by atoms with Gasteiger partial charge in [-0.15, -0.1) is 0 Å². The molecule has 3 nitrogen and oxygen atoms in total. The Balaban J connectivity index is 2.21. The zero-order valence-electron chi connectivity index (χ0n) is 9.88. The number of para-hydroxylation sites is 1. The lowest BCUT2D eigenvalue weighted by Crippen LogP contribution is -1.97. The van der Waals surface area contributed by atoms with Gasteiger partial charge in [0.1, 0.15) is 11.6 Å². The number of rotatable bonds is 4. The van der Waals surface area contributed by atoms with Crippen molar-refractivity contribution >= 4 is 11.8 Å². The van der Waals surface area contributed by atoms with Crippen LogP contribution in [0.25, 0.3) is 0 Å². The second-order valence-electron chi connectivity index (χ2n) is 3.59. The molecule has 4 heteroatoms. The van der Waals surface area contributed by atoms with Gasteiger partial charge in [-0.05, 0) is 25.3 Å². The molecule has 0 N–H and O–H groups in total. The molecule has 2 aromatic rings. The van der Waals surface area contributed by atoms with Gasteiger partial charge in [-0.1, -0.05) is 18.2 Å². The van der Waals surface area contributed by atoms with Crippen molar-refractivity contribution in [1.82, 2.24) is 9.97 Å². The van der Waals surface area contributed by atoms with E-state index in [1.807, 2.05) is 43.3 Å². The molecular formula is C13H14N2OS. The van der Waals surface area contributed by atoms with Crippen molar-refractivity contribution in [1.29, 1.82) is 0 Å². The standard InChI is InChI=1S/C13H14N2OS/c1-10-14-11(9-17-2)8-13(15-10)16-12-6-4-3-5-7-12/h3-8H,9H2,1-2H3. The summed E-state index contributed by atoms with van der Waals surface area (Å²) in [7, 11) is 0. The van der Waals surface area contributed by atoms with Crippen LogP contribution in [0.2, 0.25) is 0 Å². The highest BCUT2D eigenvalue weighted by atomic mass is 32.2. The van der Waals surface area contributed by atoms with Crippen LogP contribution in [-0.4, -0.2) is 16.2 Å². The van der Waals surface area contributed by atoms with E-state index in [0.717, 1.165) is 23.0 Å². The highest BCUT2D eigenvalue weighted by Crippen LogP contribution is 2.20. The van der Waals surface area contributed by atoms with Crippen LogP contribution in [0.15, 0.2) is 36.4 Å². The number of thioether (sulfide) groups is 1. The van der Waals surface area contributed by atoms with Crippen LogP contribution < -0.4 is 4.74 Å². The summed E-state index contributed by atoms with van der Waals surface area (Å²) in [5.41, 5.74) is 0.996. The zero-order chi connectivity index (χ0) is 12.1. The smallest absolute Gasteiger partial charge is 0.222 e. The molecular weight excluding hydrogens is 232 g/mol. The second kappa shape index (κ2) is 5.68. The van der Waals surface area contributed by atoms with Crippen molar-refractivity contribution in [3.8, 4) is 11.6 Å². The SMILES string of the molecule is CSCc1cc(Oc2ccccc2)nc(C)n1. The van der Waals surface area contributed by atoms with Crippen molar-refractivity contribution in [2.75, 3.05) is 6.26 Å². The third kappa shape index (κ3) is 3.46. The lowest BCUT2D eigenvalue weighted by atomic mass is 10.3. The molecule has 0 saturated heterocycles. The highest BCUT2D eigenvalue weighted by molar-refractivity contribution is 7.97. The summed E-state index contributed by atoms with van der Waals surface area (Å²) in [6, 6.07) is 11.5. The molecule has 88 valence electrons. The monoisotopic (exact) mass is 246 g/mol. The average molecular weight is 246 g/mol. The molecule has 0 fully saturated rings. The highest BCUT2D eigenvalue weighted by Gasteiger charge is 2.03. The summed E-state index contributed by atoms with van der Waals surface area (Å²) in [5, 5.41) is 0. The summed E-state index contributed by atoms with van der Waals surface area (Å²) in [6.07, 6.45) is 2.05. The molecule has 17 heavy (non-hydrogen) atoms. The molecule has 0 aliphatic heterocycles. The van der Waals surface area contributed by atoms with Gasteiger partial charge in [-0.25, -0.2) is 4.98 Å². The van der Waals surface area contributed by atoms with Crippen molar-refractivity contribution in [2.45, 2.75) is 12.7 Å². The number of nitrogens with zero attached hydrogens (tertiary/aromatic N) is 2. The van der Waals surface area contributed by atoms with Crippen molar-refractivity contribution < 1.29 is 4.74 Å². The molecule has 2 rings (SSSR count). The molecule has 1 aromatic heterocycles. The quantitative estimate of drug-likeness (QED) is 0.827. The topological polar surface area (TPSA) is 35.0 Å². The van der Waals surface area contributed by atoms with E-state index in [1.54, 1.807) is 11.8 Å².